The van der Waals surface area contributed by atoms with Crippen LogP contribution < -0.4 is 5.06 Å². The molecular weight excluding hydrogens is 214 g/mol. The minimum Gasteiger partial charge on any atom is -0.374 e. The van der Waals surface area contributed by atoms with E-state index in [1.807, 2.05) is 58.9 Å². The number of hydroxylamine groups is 1. The molecule has 17 heavy (non-hydrogen) atoms. The standard InChI is InChI=1S/C14H23NO2/c1-13(2,3)15(16)12-9-7-11(8-10-12)14(4,5)17-6/h7-10,16H,1-6H3. The van der Waals surface area contributed by atoms with Gasteiger partial charge in [-0.2, -0.15) is 0 Å². The van der Waals surface area contributed by atoms with Crippen molar-refractivity contribution >= 4 is 5.69 Å². The molecule has 1 aromatic carbocycles. The van der Waals surface area contributed by atoms with Crippen LogP contribution >= 0.6 is 0 Å². The Labute approximate surface area is 104 Å². The highest BCUT2D eigenvalue weighted by Crippen LogP contribution is 2.27. The highest BCUT2D eigenvalue weighted by atomic mass is 16.5. The molecule has 0 spiro atoms. The lowest BCUT2D eigenvalue weighted by Gasteiger charge is -2.32. The molecule has 0 aliphatic carbocycles. The Kier molecular flexibility index (Phi) is 3.84. The minimum absolute atomic E-state index is 0.305. The molecule has 3 heteroatoms. The molecule has 0 atom stereocenters. The Bertz CT molecular complexity index is 363. The van der Waals surface area contributed by atoms with E-state index in [1.165, 1.54) is 5.06 Å². The lowest BCUT2D eigenvalue weighted by atomic mass is 9.97. The molecule has 96 valence electrons. The summed E-state index contributed by atoms with van der Waals surface area (Å²) in [5, 5.41) is 11.3. The van der Waals surface area contributed by atoms with Gasteiger partial charge in [0.25, 0.3) is 0 Å². The maximum absolute atomic E-state index is 10.0. The molecule has 0 bridgehead atoms. The number of ether oxygens (including phenoxy) is 1. The van der Waals surface area contributed by atoms with Crippen LogP contribution in [0.4, 0.5) is 5.69 Å². The molecule has 0 aliphatic heterocycles. The summed E-state index contributed by atoms with van der Waals surface area (Å²) in [6, 6.07) is 7.77. The van der Waals surface area contributed by atoms with Gasteiger partial charge < -0.3 is 4.74 Å². The van der Waals surface area contributed by atoms with Gasteiger partial charge in [0.1, 0.15) is 0 Å². The van der Waals surface area contributed by atoms with Crippen molar-refractivity contribution in [2.45, 2.75) is 45.8 Å². The van der Waals surface area contributed by atoms with Crippen molar-refractivity contribution in [1.82, 2.24) is 0 Å². The lowest BCUT2D eigenvalue weighted by Crippen LogP contribution is -2.38. The minimum atomic E-state index is -0.307. The van der Waals surface area contributed by atoms with Crippen LogP contribution in [0.5, 0.6) is 0 Å². The van der Waals surface area contributed by atoms with Crippen molar-refractivity contribution in [2.75, 3.05) is 12.2 Å². The highest BCUT2D eigenvalue weighted by molar-refractivity contribution is 5.47. The third-order valence-corrected chi connectivity index (χ3v) is 2.95. The van der Waals surface area contributed by atoms with Crippen LogP contribution in [0.3, 0.4) is 0 Å². The van der Waals surface area contributed by atoms with E-state index >= 15 is 0 Å². The summed E-state index contributed by atoms with van der Waals surface area (Å²) in [7, 11) is 1.70. The van der Waals surface area contributed by atoms with Gasteiger partial charge in [0.2, 0.25) is 0 Å². The van der Waals surface area contributed by atoms with E-state index in [1.54, 1.807) is 7.11 Å². The SMILES string of the molecule is COC(C)(C)c1ccc(N(O)C(C)(C)C)cc1. The van der Waals surface area contributed by atoms with E-state index < -0.39 is 0 Å². The maximum Gasteiger partial charge on any atom is 0.0871 e. The Morgan fingerprint density at radius 3 is 1.82 bits per heavy atom. The predicted molar refractivity (Wildman–Crippen MR) is 70.5 cm³/mol. The zero-order chi connectivity index (χ0) is 13.3. The molecule has 0 radical (unpaired) electrons. The summed E-state index contributed by atoms with van der Waals surface area (Å²) in [6.45, 7) is 9.91. The first-order chi connectivity index (χ1) is 7.68. The second-order valence-corrected chi connectivity index (χ2v) is 5.74. The molecule has 0 amide bonds. The van der Waals surface area contributed by atoms with Crippen LogP contribution in [-0.4, -0.2) is 17.9 Å². The van der Waals surface area contributed by atoms with Crippen LogP contribution in [0.2, 0.25) is 0 Å². The average Bonchev–Trinajstić information content (AvgIpc) is 2.27. The van der Waals surface area contributed by atoms with Crippen molar-refractivity contribution in [3.63, 3.8) is 0 Å². The number of hydrogen-bond donors (Lipinski definition) is 1. The van der Waals surface area contributed by atoms with Gasteiger partial charge >= 0.3 is 0 Å². The fourth-order valence-corrected chi connectivity index (χ4v) is 1.51. The van der Waals surface area contributed by atoms with Crippen molar-refractivity contribution in [2.24, 2.45) is 0 Å². The van der Waals surface area contributed by atoms with E-state index in [-0.39, 0.29) is 11.1 Å². The number of hydrogen-bond acceptors (Lipinski definition) is 3. The molecule has 0 saturated carbocycles. The van der Waals surface area contributed by atoms with Crippen molar-refractivity contribution in [1.29, 1.82) is 0 Å². The molecule has 0 unspecified atom stereocenters. The summed E-state index contributed by atoms with van der Waals surface area (Å²) < 4.78 is 5.42. The van der Waals surface area contributed by atoms with Crippen molar-refractivity contribution in [3.05, 3.63) is 29.8 Å². The van der Waals surface area contributed by atoms with Crippen molar-refractivity contribution < 1.29 is 9.94 Å². The Balaban J connectivity index is 2.97. The number of benzene rings is 1. The highest BCUT2D eigenvalue weighted by Gasteiger charge is 2.22. The predicted octanol–water partition coefficient (Wildman–Crippen LogP) is 3.56. The number of methoxy groups -OCH3 is 1. The molecule has 0 aliphatic rings. The molecule has 0 heterocycles. The summed E-state index contributed by atoms with van der Waals surface area (Å²) >= 11 is 0. The van der Waals surface area contributed by atoms with Crippen LogP contribution in [0.25, 0.3) is 0 Å². The molecule has 0 fully saturated rings. The van der Waals surface area contributed by atoms with E-state index in [9.17, 15) is 5.21 Å². The fraction of sp³-hybridized carbons (Fsp3) is 0.571. The first kappa shape index (κ1) is 14.0. The smallest absolute Gasteiger partial charge is 0.0871 e. The second kappa shape index (κ2) is 4.67. The summed E-state index contributed by atoms with van der Waals surface area (Å²) in [6.07, 6.45) is 0. The normalized spacial score (nSPS) is 12.6. The number of rotatable bonds is 3. The van der Waals surface area contributed by atoms with Crippen LogP contribution in [0, 0.1) is 0 Å². The van der Waals surface area contributed by atoms with Crippen LogP contribution in [0.1, 0.15) is 40.2 Å². The molecular formula is C14H23NO2. The third kappa shape index (κ3) is 3.20. The van der Waals surface area contributed by atoms with Gasteiger partial charge in [0.15, 0.2) is 0 Å². The number of nitrogens with zero attached hydrogens (tertiary/aromatic N) is 1. The zero-order valence-corrected chi connectivity index (χ0v) is 11.6. The largest absolute Gasteiger partial charge is 0.374 e. The Morgan fingerprint density at radius 2 is 1.47 bits per heavy atom. The second-order valence-electron chi connectivity index (χ2n) is 5.74. The van der Waals surface area contributed by atoms with Crippen LogP contribution in [-0.2, 0) is 10.3 Å². The van der Waals surface area contributed by atoms with E-state index in [4.69, 9.17) is 4.74 Å². The fourth-order valence-electron chi connectivity index (χ4n) is 1.51. The molecule has 3 nitrogen and oxygen atoms in total. The van der Waals surface area contributed by atoms with Gasteiger partial charge in [-0.05, 0) is 52.3 Å². The van der Waals surface area contributed by atoms with Gasteiger partial charge in [-0.3, -0.25) is 10.3 Å². The summed E-state index contributed by atoms with van der Waals surface area (Å²) in [5.41, 5.74) is 1.26. The van der Waals surface area contributed by atoms with Gasteiger partial charge in [-0.15, -0.1) is 0 Å². The number of anilines is 1. The van der Waals surface area contributed by atoms with E-state index in [0.717, 1.165) is 11.3 Å². The van der Waals surface area contributed by atoms with Crippen molar-refractivity contribution in [3.8, 4) is 0 Å². The van der Waals surface area contributed by atoms with Gasteiger partial charge in [0, 0.05) is 7.11 Å². The Hall–Kier alpha value is -1.06. The van der Waals surface area contributed by atoms with E-state index in [2.05, 4.69) is 0 Å². The molecule has 0 saturated heterocycles. The molecule has 1 aromatic rings. The zero-order valence-electron chi connectivity index (χ0n) is 11.6. The first-order valence-electron chi connectivity index (χ1n) is 5.83. The Morgan fingerprint density at radius 1 is 1.00 bits per heavy atom. The quantitative estimate of drug-likeness (QED) is 0.816. The monoisotopic (exact) mass is 237 g/mol. The summed E-state index contributed by atoms with van der Waals surface area (Å²) in [5.74, 6) is 0. The molecule has 1 rings (SSSR count). The van der Waals surface area contributed by atoms with Gasteiger partial charge in [-0.1, -0.05) is 12.1 Å². The third-order valence-electron chi connectivity index (χ3n) is 2.95. The lowest BCUT2D eigenvalue weighted by molar-refractivity contribution is 0.0192. The molecule has 1 N–H and O–H groups in total. The van der Waals surface area contributed by atoms with Gasteiger partial charge in [0.05, 0.1) is 16.8 Å². The molecule has 0 aromatic heterocycles. The average molecular weight is 237 g/mol. The topological polar surface area (TPSA) is 32.7 Å². The van der Waals surface area contributed by atoms with Gasteiger partial charge in [-0.25, -0.2) is 0 Å². The maximum atomic E-state index is 10.0. The van der Waals surface area contributed by atoms with Crippen LogP contribution in [0.15, 0.2) is 24.3 Å². The van der Waals surface area contributed by atoms with E-state index in [0.29, 0.717) is 0 Å². The first-order valence-corrected chi connectivity index (χ1v) is 5.83. The summed E-state index contributed by atoms with van der Waals surface area (Å²) in [4.78, 5) is 0.